The third kappa shape index (κ3) is 4.72. The molecule has 0 fully saturated rings. The minimum absolute atomic E-state index is 0.334. The standard InChI is InChI=1S/C16H18N2O4S/c1-2-3-9-22-16(21)18-14-13(17-15(19)20)12(10-23-14)11-7-5-4-6-8-11/h4-8,10,17H,2-3,9H2,1H3,(H,18,21)(H,19,20). The molecule has 0 aliphatic carbocycles. The molecule has 3 N–H and O–H groups in total. The quantitative estimate of drug-likeness (QED) is 0.659. The summed E-state index contributed by atoms with van der Waals surface area (Å²) in [5, 5.41) is 16.2. The fourth-order valence-corrected chi connectivity index (χ4v) is 2.86. The molecule has 0 spiro atoms. The molecule has 0 bridgehead atoms. The Morgan fingerprint density at radius 2 is 1.96 bits per heavy atom. The van der Waals surface area contributed by atoms with Crippen LogP contribution in [0.5, 0.6) is 0 Å². The first-order valence-electron chi connectivity index (χ1n) is 7.22. The van der Waals surface area contributed by atoms with Crippen LogP contribution in [0.4, 0.5) is 20.3 Å². The summed E-state index contributed by atoms with van der Waals surface area (Å²) in [4.78, 5) is 22.8. The van der Waals surface area contributed by atoms with Crippen LogP contribution in [0, 0.1) is 0 Å². The van der Waals surface area contributed by atoms with Gasteiger partial charge in [-0.1, -0.05) is 43.7 Å². The minimum Gasteiger partial charge on any atom is -0.465 e. The van der Waals surface area contributed by atoms with Gasteiger partial charge in [0.15, 0.2) is 0 Å². The third-order valence-corrected chi connectivity index (χ3v) is 3.95. The number of anilines is 2. The van der Waals surface area contributed by atoms with Gasteiger partial charge in [0, 0.05) is 10.9 Å². The van der Waals surface area contributed by atoms with E-state index in [0.29, 0.717) is 22.9 Å². The zero-order chi connectivity index (χ0) is 16.7. The fraction of sp³-hybridized carbons (Fsp3) is 0.250. The molecule has 0 saturated carbocycles. The molecule has 6 nitrogen and oxygen atoms in total. The topological polar surface area (TPSA) is 87.7 Å². The number of benzene rings is 1. The van der Waals surface area contributed by atoms with Crippen LogP contribution in [-0.2, 0) is 4.74 Å². The summed E-state index contributed by atoms with van der Waals surface area (Å²) in [5.74, 6) is 0. The molecule has 0 unspecified atom stereocenters. The molecule has 1 aromatic carbocycles. The van der Waals surface area contributed by atoms with Crippen LogP contribution in [0.3, 0.4) is 0 Å². The van der Waals surface area contributed by atoms with E-state index in [1.165, 1.54) is 11.3 Å². The highest BCUT2D eigenvalue weighted by Gasteiger charge is 2.17. The van der Waals surface area contributed by atoms with Crippen LogP contribution in [0.1, 0.15) is 19.8 Å². The number of hydrogen-bond donors (Lipinski definition) is 3. The van der Waals surface area contributed by atoms with Gasteiger partial charge in [-0.25, -0.2) is 9.59 Å². The zero-order valence-corrected chi connectivity index (χ0v) is 13.5. The highest BCUT2D eigenvalue weighted by Crippen LogP contribution is 2.40. The van der Waals surface area contributed by atoms with E-state index >= 15 is 0 Å². The van der Waals surface area contributed by atoms with Gasteiger partial charge in [-0.2, -0.15) is 0 Å². The first-order chi connectivity index (χ1) is 11.1. The second-order valence-electron chi connectivity index (χ2n) is 4.76. The average molecular weight is 334 g/mol. The zero-order valence-electron chi connectivity index (χ0n) is 12.7. The van der Waals surface area contributed by atoms with Gasteiger partial charge in [0.2, 0.25) is 0 Å². The summed E-state index contributed by atoms with van der Waals surface area (Å²) >= 11 is 1.24. The Bertz CT molecular complexity index is 670. The first kappa shape index (κ1) is 16.8. The number of unbranched alkanes of at least 4 members (excludes halogenated alkanes) is 1. The molecule has 7 heteroatoms. The maximum absolute atomic E-state index is 11.8. The molecule has 0 radical (unpaired) electrons. The lowest BCUT2D eigenvalue weighted by atomic mass is 10.1. The van der Waals surface area contributed by atoms with Crippen molar-refractivity contribution in [1.29, 1.82) is 0 Å². The maximum Gasteiger partial charge on any atom is 0.412 e. The summed E-state index contributed by atoms with van der Waals surface area (Å²) in [6.45, 7) is 2.34. The summed E-state index contributed by atoms with van der Waals surface area (Å²) in [6, 6.07) is 9.36. The van der Waals surface area contributed by atoms with E-state index in [1.54, 1.807) is 5.38 Å². The van der Waals surface area contributed by atoms with Crippen LogP contribution in [0.2, 0.25) is 0 Å². The third-order valence-electron chi connectivity index (χ3n) is 3.05. The van der Waals surface area contributed by atoms with Crippen LogP contribution >= 0.6 is 11.3 Å². The molecule has 0 aliphatic rings. The molecular weight excluding hydrogens is 316 g/mol. The van der Waals surface area contributed by atoms with Gasteiger partial charge < -0.3 is 9.84 Å². The van der Waals surface area contributed by atoms with Crippen molar-refractivity contribution in [3.8, 4) is 11.1 Å². The number of carbonyl (C=O) groups is 2. The van der Waals surface area contributed by atoms with Crippen molar-refractivity contribution in [2.45, 2.75) is 19.8 Å². The van der Waals surface area contributed by atoms with Gasteiger partial charge in [-0.15, -0.1) is 11.3 Å². The SMILES string of the molecule is CCCCOC(=O)Nc1scc(-c2ccccc2)c1NC(=O)O. The number of hydrogen-bond acceptors (Lipinski definition) is 4. The van der Waals surface area contributed by atoms with Crippen LogP contribution < -0.4 is 10.6 Å². The minimum atomic E-state index is -1.19. The number of rotatable bonds is 6. The number of carboxylic acid groups (broad SMARTS) is 1. The second-order valence-corrected chi connectivity index (χ2v) is 5.64. The van der Waals surface area contributed by atoms with Crippen molar-refractivity contribution in [2.75, 3.05) is 17.2 Å². The lowest BCUT2D eigenvalue weighted by Gasteiger charge is -2.09. The molecule has 23 heavy (non-hydrogen) atoms. The highest BCUT2D eigenvalue weighted by atomic mass is 32.1. The molecule has 1 aromatic heterocycles. The van der Waals surface area contributed by atoms with Gasteiger partial charge in [0.05, 0.1) is 12.3 Å². The molecule has 2 aromatic rings. The fourth-order valence-electron chi connectivity index (χ4n) is 1.95. The predicted octanol–water partition coefficient (Wildman–Crippen LogP) is 4.85. The van der Waals surface area contributed by atoms with Crippen molar-refractivity contribution < 1.29 is 19.4 Å². The molecule has 1 heterocycles. The van der Waals surface area contributed by atoms with Crippen LogP contribution in [-0.4, -0.2) is 23.9 Å². The normalized spacial score (nSPS) is 10.1. The van der Waals surface area contributed by atoms with E-state index < -0.39 is 12.2 Å². The molecule has 122 valence electrons. The van der Waals surface area contributed by atoms with Gasteiger partial charge in [0.1, 0.15) is 5.00 Å². The van der Waals surface area contributed by atoms with Crippen molar-refractivity contribution in [2.24, 2.45) is 0 Å². The smallest absolute Gasteiger partial charge is 0.412 e. The van der Waals surface area contributed by atoms with E-state index in [0.717, 1.165) is 18.4 Å². The Balaban J connectivity index is 2.21. The van der Waals surface area contributed by atoms with Gasteiger partial charge in [-0.05, 0) is 12.0 Å². The number of amides is 2. The summed E-state index contributed by atoms with van der Waals surface area (Å²) in [5.41, 5.74) is 1.92. The molecule has 0 atom stereocenters. The first-order valence-corrected chi connectivity index (χ1v) is 8.10. The largest absolute Gasteiger partial charge is 0.465 e. The average Bonchev–Trinajstić information content (AvgIpc) is 2.90. The number of carbonyl (C=O) groups excluding carboxylic acids is 1. The molecule has 0 aliphatic heterocycles. The summed E-state index contributed by atoms with van der Waals surface area (Å²) < 4.78 is 5.04. The van der Waals surface area contributed by atoms with E-state index in [9.17, 15) is 9.59 Å². The molecular formula is C16H18N2O4S. The van der Waals surface area contributed by atoms with Crippen molar-refractivity contribution in [3.05, 3.63) is 35.7 Å². The number of nitrogens with one attached hydrogen (secondary N) is 2. The van der Waals surface area contributed by atoms with Crippen molar-refractivity contribution in [3.63, 3.8) is 0 Å². The molecule has 2 rings (SSSR count). The summed E-state index contributed by atoms with van der Waals surface area (Å²) in [6.07, 6.45) is -0.0693. The molecule has 2 amide bonds. The van der Waals surface area contributed by atoms with Crippen molar-refractivity contribution >= 4 is 34.2 Å². The molecule has 0 saturated heterocycles. The Hall–Kier alpha value is -2.54. The van der Waals surface area contributed by atoms with E-state index in [-0.39, 0.29) is 0 Å². The lowest BCUT2D eigenvalue weighted by Crippen LogP contribution is -2.16. The van der Waals surface area contributed by atoms with E-state index in [2.05, 4.69) is 10.6 Å². The number of ether oxygens (including phenoxy) is 1. The maximum atomic E-state index is 11.8. The monoisotopic (exact) mass is 334 g/mol. The van der Waals surface area contributed by atoms with Gasteiger partial charge in [0.25, 0.3) is 0 Å². The van der Waals surface area contributed by atoms with E-state index in [4.69, 9.17) is 9.84 Å². The Labute approximate surface area is 138 Å². The lowest BCUT2D eigenvalue weighted by molar-refractivity contribution is 0.160. The Morgan fingerprint density at radius 1 is 1.22 bits per heavy atom. The van der Waals surface area contributed by atoms with Gasteiger partial charge >= 0.3 is 12.2 Å². The van der Waals surface area contributed by atoms with Crippen LogP contribution in [0.15, 0.2) is 35.7 Å². The van der Waals surface area contributed by atoms with Crippen LogP contribution in [0.25, 0.3) is 11.1 Å². The Kier molecular flexibility index (Phi) is 5.99. The second kappa shape index (κ2) is 8.19. The predicted molar refractivity (Wildman–Crippen MR) is 91.3 cm³/mol. The van der Waals surface area contributed by atoms with Gasteiger partial charge in [-0.3, -0.25) is 10.6 Å². The van der Waals surface area contributed by atoms with E-state index in [1.807, 2.05) is 37.3 Å². The summed E-state index contributed by atoms with van der Waals surface area (Å²) in [7, 11) is 0. The Morgan fingerprint density at radius 3 is 2.61 bits per heavy atom. The van der Waals surface area contributed by atoms with Crippen molar-refractivity contribution in [1.82, 2.24) is 0 Å². The number of thiophene rings is 1. The highest BCUT2D eigenvalue weighted by molar-refractivity contribution is 7.15.